The fourth-order valence-electron chi connectivity index (χ4n) is 3.13. The molecule has 1 N–H and O–H groups in total. The van der Waals surface area contributed by atoms with E-state index < -0.39 is 0 Å². The summed E-state index contributed by atoms with van der Waals surface area (Å²) in [4.78, 5) is 30.3. The van der Waals surface area contributed by atoms with Gasteiger partial charge in [0, 0.05) is 31.9 Å². The van der Waals surface area contributed by atoms with Crippen molar-refractivity contribution in [3.63, 3.8) is 0 Å². The monoisotopic (exact) mass is 360 g/mol. The van der Waals surface area contributed by atoms with Gasteiger partial charge >= 0.3 is 6.03 Å². The first-order chi connectivity index (χ1) is 12.5. The highest BCUT2D eigenvalue weighted by Crippen LogP contribution is 2.23. The molecule has 26 heavy (non-hydrogen) atoms. The highest BCUT2D eigenvalue weighted by atomic mass is 16.2. The maximum Gasteiger partial charge on any atom is 0.325 e. The van der Waals surface area contributed by atoms with Crippen molar-refractivity contribution in [1.82, 2.24) is 15.1 Å². The third-order valence-corrected chi connectivity index (χ3v) is 4.95. The van der Waals surface area contributed by atoms with Crippen LogP contribution in [0, 0.1) is 0 Å². The molecule has 1 fully saturated rings. The molecule has 1 saturated heterocycles. The van der Waals surface area contributed by atoms with Crippen molar-refractivity contribution >= 4 is 17.6 Å². The summed E-state index contributed by atoms with van der Waals surface area (Å²) in [6.07, 6.45) is 0. The molecule has 0 radical (unpaired) electrons. The molecule has 0 bridgehead atoms. The Labute approximate surface area is 157 Å². The van der Waals surface area contributed by atoms with Gasteiger partial charge in [-0.1, -0.05) is 39.8 Å². The van der Waals surface area contributed by atoms with E-state index in [1.165, 1.54) is 5.56 Å². The highest BCUT2D eigenvalue weighted by Gasteiger charge is 2.30. The Hall–Kier alpha value is -2.08. The molecule has 144 valence electrons. The number of nitrogens with zero attached hydrogens (tertiary/aromatic N) is 3. The van der Waals surface area contributed by atoms with Gasteiger partial charge in [-0.15, -0.1) is 0 Å². The van der Waals surface area contributed by atoms with Gasteiger partial charge in [0.25, 0.3) is 0 Å². The van der Waals surface area contributed by atoms with E-state index in [-0.39, 0.29) is 18.5 Å². The molecular formula is C20H32N4O2. The highest BCUT2D eigenvalue weighted by molar-refractivity contribution is 5.96. The summed E-state index contributed by atoms with van der Waals surface area (Å²) in [6, 6.07) is 8.01. The van der Waals surface area contributed by atoms with Gasteiger partial charge in [0.05, 0.1) is 0 Å². The smallest absolute Gasteiger partial charge is 0.325 e. The van der Waals surface area contributed by atoms with Gasteiger partial charge in [0.1, 0.15) is 6.54 Å². The van der Waals surface area contributed by atoms with Crippen LogP contribution >= 0.6 is 0 Å². The number of hydrogen-bond acceptors (Lipinski definition) is 3. The minimum absolute atomic E-state index is 0.0949. The zero-order valence-corrected chi connectivity index (χ0v) is 16.5. The minimum atomic E-state index is -0.0961. The zero-order valence-electron chi connectivity index (χ0n) is 16.5. The molecule has 2 rings (SSSR count). The van der Waals surface area contributed by atoms with Crippen LogP contribution in [-0.4, -0.2) is 67.6 Å². The number of hydrogen-bond donors (Lipinski definition) is 1. The molecule has 1 heterocycles. The van der Waals surface area contributed by atoms with Crippen LogP contribution in [0.2, 0.25) is 0 Å². The third kappa shape index (κ3) is 5.21. The molecule has 3 amide bonds. The van der Waals surface area contributed by atoms with Crippen LogP contribution < -0.4 is 10.2 Å². The lowest BCUT2D eigenvalue weighted by Gasteiger charge is -2.20. The van der Waals surface area contributed by atoms with Gasteiger partial charge in [-0.2, -0.15) is 0 Å². The number of benzene rings is 1. The van der Waals surface area contributed by atoms with Crippen LogP contribution in [0.5, 0.6) is 0 Å². The summed E-state index contributed by atoms with van der Waals surface area (Å²) < 4.78 is 0. The van der Waals surface area contributed by atoms with Crippen LogP contribution in [0.4, 0.5) is 10.5 Å². The fraction of sp³-hybridized carbons (Fsp3) is 0.600. The van der Waals surface area contributed by atoms with Gasteiger partial charge in [0.15, 0.2) is 0 Å². The normalized spacial score (nSPS) is 14.6. The molecule has 0 saturated carbocycles. The summed E-state index contributed by atoms with van der Waals surface area (Å²) >= 11 is 0. The van der Waals surface area contributed by atoms with Crippen molar-refractivity contribution in [2.45, 2.75) is 33.6 Å². The number of anilines is 1. The summed E-state index contributed by atoms with van der Waals surface area (Å²) in [5, 5.41) is 2.91. The third-order valence-electron chi connectivity index (χ3n) is 4.95. The van der Waals surface area contributed by atoms with Crippen LogP contribution in [0.3, 0.4) is 0 Å². The Morgan fingerprint density at radius 2 is 1.81 bits per heavy atom. The van der Waals surface area contributed by atoms with Crippen molar-refractivity contribution < 1.29 is 9.59 Å². The van der Waals surface area contributed by atoms with E-state index in [9.17, 15) is 9.59 Å². The Balaban J connectivity index is 1.83. The number of amides is 3. The Morgan fingerprint density at radius 1 is 1.15 bits per heavy atom. The number of nitrogens with one attached hydrogen (secondary N) is 1. The van der Waals surface area contributed by atoms with E-state index in [1.807, 2.05) is 12.1 Å². The predicted octanol–water partition coefficient (Wildman–Crippen LogP) is 2.51. The summed E-state index contributed by atoms with van der Waals surface area (Å²) in [6.45, 7) is 13.2. The molecule has 6 heteroatoms. The molecule has 0 spiro atoms. The molecule has 1 aliphatic heterocycles. The topological polar surface area (TPSA) is 55.9 Å². The molecule has 0 unspecified atom stereocenters. The number of rotatable bonds is 9. The second-order valence-corrected chi connectivity index (χ2v) is 6.98. The maximum atomic E-state index is 12.6. The molecule has 0 aliphatic carbocycles. The van der Waals surface area contributed by atoms with Crippen molar-refractivity contribution in [1.29, 1.82) is 0 Å². The number of carbonyl (C=O) groups excluding carboxylic acids is 2. The van der Waals surface area contributed by atoms with Crippen LogP contribution in [-0.2, 0) is 4.79 Å². The molecule has 6 nitrogen and oxygen atoms in total. The molecule has 1 aromatic rings. The molecular weight excluding hydrogens is 328 g/mol. The number of likely N-dealkylation sites (N-methyl/N-ethyl adjacent to an activating group) is 1. The SMILES string of the molecule is CCN(CC)CCNC(=O)CN1CCN(c2ccc(C(C)C)cc2)C1=O. The lowest BCUT2D eigenvalue weighted by Crippen LogP contribution is -2.42. The summed E-state index contributed by atoms with van der Waals surface area (Å²) in [5.74, 6) is 0.373. The van der Waals surface area contributed by atoms with Gasteiger partial charge in [-0.3, -0.25) is 9.69 Å². The van der Waals surface area contributed by atoms with Gasteiger partial charge < -0.3 is 15.1 Å². The molecule has 0 atom stereocenters. The van der Waals surface area contributed by atoms with Gasteiger partial charge in [-0.25, -0.2) is 4.79 Å². The molecule has 1 aromatic carbocycles. The van der Waals surface area contributed by atoms with Crippen molar-refractivity contribution in [3.05, 3.63) is 29.8 Å². The molecule has 0 aromatic heterocycles. The zero-order chi connectivity index (χ0) is 19.1. The van der Waals surface area contributed by atoms with Crippen molar-refractivity contribution in [2.24, 2.45) is 0 Å². The van der Waals surface area contributed by atoms with E-state index >= 15 is 0 Å². The second-order valence-electron chi connectivity index (χ2n) is 6.98. The number of urea groups is 1. The van der Waals surface area contributed by atoms with E-state index in [0.29, 0.717) is 25.6 Å². The lowest BCUT2D eigenvalue weighted by molar-refractivity contribution is -0.121. The maximum absolute atomic E-state index is 12.6. The van der Waals surface area contributed by atoms with Crippen LogP contribution in [0.1, 0.15) is 39.2 Å². The van der Waals surface area contributed by atoms with E-state index in [0.717, 1.165) is 25.3 Å². The molecule has 1 aliphatic rings. The van der Waals surface area contributed by atoms with Crippen LogP contribution in [0.25, 0.3) is 0 Å². The average molecular weight is 361 g/mol. The minimum Gasteiger partial charge on any atom is -0.353 e. The first kappa shape index (κ1) is 20.2. The predicted molar refractivity (Wildman–Crippen MR) is 106 cm³/mol. The van der Waals surface area contributed by atoms with E-state index in [1.54, 1.807) is 9.80 Å². The van der Waals surface area contributed by atoms with Gasteiger partial charge in [0.2, 0.25) is 5.91 Å². The van der Waals surface area contributed by atoms with Crippen molar-refractivity contribution in [2.75, 3.05) is 50.7 Å². The van der Waals surface area contributed by atoms with Gasteiger partial charge in [-0.05, 0) is 36.7 Å². The second kappa shape index (κ2) is 9.57. The summed E-state index contributed by atoms with van der Waals surface area (Å²) in [5.41, 5.74) is 2.15. The standard InChI is InChI=1S/C20H32N4O2/c1-5-22(6-2)12-11-21-19(25)15-23-13-14-24(20(23)26)18-9-7-17(8-10-18)16(3)4/h7-10,16H,5-6,11-15H2,1-4H3,(H,21,25). The average Bonchev–Trinajstić information content (AvgIpc) is 2.99. The number of carbonyl (C=O) groups is 2. The van der Waals surface area contributed by atoms with Crippen molar-refractivity contribution in [3.8, 4) is 0 Å². The lowest BCUT2D eigenvalue weighted by atomic mass is 10.0. The Kier molecular flexibility index (Phi) is 7.45. The van der Waals surface area contributed by atoms with E-state index in [4.69, 9.17) is 0 Å². The largest absolute Gasteiger partial charge is 0.353 e. The first-order valence-corrected chi connectivity index (χ1v) is 9.61. The van der Waals surface area contributed by atoms with Crippen LogP contribution in [0.15, 0.2) is 24.3 Å². The fourth-order valence-corrected chi connectivity index (χ4v) is 3.13. The summed E-state index contributed by atoms with van der Waals surface area (Å²) in [7, 11) is 0. The Morgan fingerprint density at radius 3 is 2.38 bits per heavy atom. The Bertz CT molecular complexity index is 596. The van der Waals surface area contributed by atoms with E-state index in [2.05, 4.69) is 50.0 Å². The quantitative estimate of drug-likeness (QED) is 0.736. The first-order valence-electron chi connectivity index (χ1n) is 9.61.